The van der Waals surface area contributed by atoms with Crippen LogP contribution in [0.25, 0.3) is 0 Å². The largest absolute Gasteiger partial charge is 0.365 e. The summed E-state index contributed by atoms with van der Waals surface area (Å²) in [4.78, 5) is 6.69. The second-order valence-corrected chi connectivity index (χ2v) is 9.02. The van der Waals surface area contributed by atoms with Crippen molar-refractivity contribution in [2.45, 2.75) is 56.0 Å². The quantitative estimate of drug-likeness (QED) is 0.810. The number of hydrogen-bond donors (Lipinski definition) is 1. The number of hydrogen-bond acceptors (Lipinski definition) is 5. The average Bonchev–Trinajstić information content (AvgIpc) is 3.47. The Morgan fingerprint density at radius 1 is 1.15 bits per heavy atom. The molecule has 1 aromatic rings. The highest BCUT2D eigenvalue weighted by molar-refractivity contribution is 5.26. The fraction of sp³-hybridized carbons (Fsp3) is 0.682. The third-order valence-corrected chi connectivity index (χ3v) is 7.31. The minimum Gasteiger partial charge on any atom is -0.365 e. The molecule has 2 aliphatic carbocycles. The molecule has 1 unspecified atom stereocenters. The van der Waals surface area contributed by atoms with Crippen LogP contribution in [-0.4, -0.2) is 65.4 Å². The van der Waals surface area contributed by atoms with E-state index in [0.717, 1.165) is 44.7 Å². The van der Waals surface area contributed by atoms with E-state index in [0.29, 0.717) is 6.54 Å². The van der Waals surface area contributed by atoms with Crippen molar-refractivity contribution in [2.24, 2.45) is 5.92 Å². The van der Waals surface area contributed by atoms with Crippen LogP contribution in [-0.2, 0) is 5.54 Å². The molecule has 1 saturated heterocycles. The highest BCUT2D eigenvalue weighted by Crippen LogP contribution is 2.50. The van der Waals surface area contributed by atoms with Gasteiger partial charge in [0.1, 0.15) is 0 Å². The van der Waals surface area contributed by atoms with Gasteiger partial charge in [-0.2, -0.15) is 5.26 Å². The van der Waals surface area contributed by atoms with Crippen LogP contribution < -0.4 is 0 Å². The van der Waals surface area contributed by atoms with E-state index < -0.39 is 6.35 Å². The maximum Gasteiger partial charge on any atom is 0.166 e. The average molecular weight is 369 g/mol. The lowest BCUT2D eigenvalue weighted by atomic mass is 9.68. The van der Waals surface area contributed by atoms with Gasteiger partial charge in [-0.15, -0.1) is 0 Å². The van der Waals surface area contributed by atoms with Crippen LogP contribution in [0, 0.1) is 17.2 Å². The van der Waals surface area contributed by atoms with Crippen molar-refractivity contribution in [2.75, 3.05) is 33.7 Å². The van der Waals surface area contributed by atoms with E-state index in [1.807, 2.05) is 4.90 Å². The Kier molecular flexibility index (Phi) is 5.02. The summed E-state index contributed by atoms with van der Waals surface area (Å²) in [6.45, 7) is 2.09. The zero-order valence-corrected chi connectivity index (χ0v) is 16.6. The van der Waals surface area contributed by atoms with E-state index in [9.17, 15) is 10.4 Å². The van der Waals surface area contributed by atoms with Crippen LogP contribution >= 0.6 is 0 Å². The molecular formula is C22H32N4O. The molecule has 146 valence electrons. The van der Waals surface area contributed by atoms with E-state index >= 15 is 0 Å². The monoisotopic (exact) mass is 368 g/mol. The van der Waals surface area contributed by atoms with Gasteiger partial charge in [0.25, 0.3) is 0 Å². The lowest BCUT2D eigenvalue weighted by molar-refractivity contribution is -0.0907. The second-order valence-electron chi connectivity index (χ2n) is 9.02. The normalized spacial score (nSPS) is 35.0. The molecule has 0 aromatic heterocycles. The topological polar surface area (TPSA) is 53.7 Å². The van der Waals surface area contributed by atoms with Gasteiger partial charge in [0.05, 0.1) is 12.6 Å². The lowest BCUT2D eigenvalue weighted by Gasteiger charge is -2.51. The van der Waals surface area contributed by atoms with Crippen molar-refractivity contribution in [3.05, 3.63) is 35.9 Å². The van der Waals surface area contributed by atoms with Gasteiger partial charge in [-0.05, 0) is 64.1 Å². The zero-order chi connectivity index (χ0) is 19.1. The van der Waals surface area contributed by atoms with Gasteiger partial charge in [0.15, 0.2) is 6.35 Å². The van der Waals surface area contributed by atoms with E-state index in [1.54, 1.807) is 0 Å². The Balaban J connectivity index is 1.59. The minimum atomic E-state index is -0.603. The first-order valence-corrected chi connectivity index (χ1v) is 10.3. The Hall–Kier alpha value is -1.45. The van der Waals surface area contributed by atoms with Crippen molar-refractivity contribution in [1.29, 1.82) is 5.26 Å². The van der Waals surface area contributed by atoms with Crippen molar-refractivity contribution in [3.8, 4) is 6.07 Å². The molecule has 2 saturated carbocycles. The molecule has 3 fully saturated rings. The third-order valence-electron chi connectivity index (χ3n) is 7.31. The van der Waals surface area contributed by atoms with E-state index in [1.165, 1.54) is 18.4 Å². The SMILES string of the molecule is CN(C)[C@]1(c2ccccc2)CC[C@]2(CC1)CN(CC#N)C(O)N2CC1CC1. The van der Waals surface area contributed by atoms with Gasteiger partial charge in [-0.3, -0.25) is 14.7 Å². The van der Waals surface area contributed by atoms with Gasteiger partial charge >= 0.3 is 0 Å². The van der Waals surface area contributed by atoms with Gasteiger partial charge in [-0.25, -0.2) is 0 Å². The Labute approximate surface area is 163 Å². The maximum absolute atomic E-state index is 10.9. The summed E-state index contributed by atoms with van der Waals surface area (Å²) in [6, 6.07) is 13.1. The number of nitrogens with zero attached hydrogens (tertiary/aromatic N) is 4. The summed E-state index contributed by atoms with van der Waals surface area (Å²) >= 11 is 0. The standard InChI is InChI=1S/C22H32N4O/c1-24(2)22(19-6-4-3-5-7-19)12-10-21(11-13-22)17-25(15-14-23)20(27)26(21)16-18-8-9-18/h3-7,18,20,27H,8-13,15-17H2,1-2H3/t20?,21-,22+. The second kappa shape index (κ2) is 7.18. The first-order chi connectivity index (χ1) is 13.0. The third kappa shape index (κ3) is 3.30. The van der Waals surface area contributed by atoms with Crippen LogP contribution in [0.3, 0.4) is 0 Å². The molecular weight excluding hydrogens is 336 g/mol. The van der Waals surface area contributed by atoms with Crippen LogP contribution in [0.1, 0.15) is 44.1 Å². The smallest absolute Gasteiger partial charge is 0.166 e. The Morgan fingerprint density at radius 3 is 2.37 bits per heavy atom. The summed E-state index contributed by atoms with van der Waals surface area (Å²) in [6.07, 6.45) is 6.24. The summed E-state index contributed by atoms with van der Waals surface area (Å²) < 4.78 is 0. The van der Waals surface area contributed by atoms with Crippen LogP contribution in [0.4, 0.5) is 0 Å². The van der Waals surface area contributed by atoms with E-state index in [4.69, 9.17) is 0 Å². The fourth-order valence-electron chi connectivity index (χ4n) is 5.40. The summed E-state index contributed by atoms with van der Waals surface area (Å²) in [5.74, 6) is 0.730. The molecule has 0 radical (unpaired) electrons. The van der Waals surface area contributed by atoms with E-state index in [2.05, 4.69) is 60.3 Å². The molecule has 1 atom stereocenters. The molecule has 5 heteroatoms. The van der Waals surface area contributed by atoms with Crippen LogP contribution in [0.15, 0.2) is 30.3 Å². The lowest BCUT2D eigenvalue weighted by Crippen LogP contribution is -2.56. The van der Waals surface area contributed by atoms with Crippen molar-refractivity contribution < 1.29 is 5.11 Å². The fourth-order valence-corrected chi connectivity index (χ4v) is 5.40. The maximum atomic E-state index is 10.9. The van der Waals surface area contributed by atoms with Gasteiger partial charge in [0, 0.05) is 24.2 Å². The molecule has 1 N–H and O–H groups in total. The molecule has 27 heavy (non-hydrogen) atoms. The van der Waals surface area contributed by atoms with Gasteiger partial charge < -0.3 is 5.11 Å². The Morgan fingerprint density at radius 2 is 1.81 bits per heavy atom. The molecule has 0 bridgehead atoms. The summed E-state index contributed by atoms with van der Waals surface area (Å²) in [5.41, 5.74) is 1.46. The molecule has 1 aliphatic heterocycles. The molecule has 1 heterocycles. The predicted molar refractivity (Wildman–Crippen MR) is 106 cm³/mol. The number of rotatable bonds is 5. The number of aliphatic hydroxyl groups excluding tert-OH is 1. The molecule has 1 spiro atoms. The number of aliphatic hydroxyl groups is 1. The summed E-state index contributed by atoms with van der Waals surface area (Å²) in [5, 5.41) is 20.1. The first-order valence-electron chi connectivity index (χ1n) is 10.3. The molecule has 0 amide bonds. The van der Waals surface area contributed by atoms with Crippen LogP contribution in [0.5, 0.6) is 0 Å². The number of nitriles is 1. The van der Waals surface area contributed by atoms with Crippen molar-refractivity contribution in [1.82, 2.24) is 14.7 Å². The molecule has 1 aromatic carbocycles. The number of benzene rings is 1. The molecule has 5 nitrogen and oxygen atoms in total. The first kappa shape index (κ1) is 18.9. The van der Waals surface area contributed by atoms with Gasteiger partial charge in [-0.1, -0.05) is 30.3 Å². The predicted octanol–water partition coefficient (Wildman–Crippen LogP) is 2.58. The van der Waals surface area contributed by atoms with E-state index in [-0.39, 0.29) is 11.1 Å². The zero-order valence-electron chi connectivity index (χ0n) is 16.6. The Bertz CT molecular complexity index is 686. The van der Waals surface area contributed by atoms with Crippen molar-refractivity contribution in [3.63, 3.8) is 0 Å². The summed E-state index contributed by atoms with van der Waals surface area (Å²) in [7, 11) is 4.39. The molecule has 4 rings (SSSR count). The molecule has 3 aliphatic rings. The van der Waals surface area contributed by atoms with Crippen molar-refractivity contribution >= 4 is 0 Å². The van der Waals surface area contributed by atoms with Crippen LogP contribution in [0.2, 0.25) is 0 Å². The minimum absolute atomic E-state index is 0.00709. The van der Waals surface area contributed by atoms with Gasteiger partial charge in [0.2, 0.25) is 0 Å². The highest BCUT2D eigenvalue weighted by Gasteiger charge is 2.55. The highest BCUT2D eigenvalue weighted by atomic mass is 16.3.